The number of piperidine rings is 1. The molecule has 2 aliphatic heterocycles. The van der Waals surface area contributed by atoms with Gasteiger partial charge in [-0.2, -0.15) is 4.98 Å². The van der Waals surface area contributed by atoms with Crippen LogP contribution >= 0.6 is 0 Å². The van der Waals surface area contributed by atoms with Crippen molar-refractivity contribution in [1.82, 2.24) is 35.2 Å². The van der Waals surface area contributed by atoms with Crippen LogP contribution in [0.25, 0.3) is 11.5 Å². The lowest BCUT2D eigenvalue weighted by molar-refractivity contribution is 0.137. The largest absolute Gasteiger partial charge is 0.339 e. The van der Waals surface area contributed by atoms with Gasteiger partial charge >= 0.3 is 12.1 Å². The number of nitrogens with zero attached hydrogens (tertiary/aromatic N) is 6. The Kier molecular flexibility index (Phi) is 4.46. The molecule has 0 unspecified atom stereocenters. The maximum atomic E-state index is 12.5. The first kappa shape index (κ1) is 16.4. The fourth-order valence-electron chi connectivity index (χ4n) is 3.33. The zero-order valence-corrected chi connectivity index (χ0v) is 14.2. The Bertz CT molecular complexity index is 794. The first-order valence-corrected chi connectivity index (χ1v) is 8.64. The van der Waals surface area contributed by atoms with E-state index in [0.717, 1.165) is 12.8 Å². The standard InChI is InChI=1S/C16H19N7O3/c24-15-19-5-7-23(15)16(25)22-6-1-2-11(10-22)8-13-20-14(21-26-13)12-9-17-3-4-18-12/h3-4,9,11H,1-2,5-8,10H2,(H,19,24)/t11-/m1/s1. The monoisotopic (exact) mass is 357 g/mol. The van der Waals surface area contributed by atoms with Crippen LogP contribution in [0.3, 0.4) is 0 Å². The second-order valence-corrected chi connectivity index (χ2v) is 6.43. The number of urea groups is 2. The maximum Gasteiger partial charge on any atom is 0.328 e. The molecular formula is C16H19N7O3. The lowest BCUT2D eigenvalue weighted by Gasteiger charge is -2.33. The van der Waals surface area contributed by atoms with E-state index in [1.54, 1.807) is 23.5 Å². The number of hydrogen-bond acceptors (Lipinski definition) is 7. The average molecular weight is 357 g/mol. The zero-order valence-electron chi connectivity index (χ0n) is 14.2. The molecule has 0 aromatic carbocycles. The van der Waals surface area contributed by atoms with Crippen molar-refractivity contribution in [2.75, 3.05) is 26.2 Å². The quantitative estimate of drug-likeness (QED) is 0.868. The summed E-state index contributed by atoms with van der Waals surface area (Å²) in [5.74, 6) is 1.14. The third-order valence-electron chi connectivity index (χ3n) is 4.60. The molecule has 10 nitrogen and oxygen atoms in total. The Morgan fingerprint density at radius 2 is 2.27 bits per heavy atom. The molecule has 4 amide bonds. The molecule has 1 N–H and O–H groups in total. The van der Waals surface area contributed by atoms with Gasteiger partial charge in [-0.15, -0.1) is 0 Å². The van der Waals surface area contributed by atoms with Crippen LogP contribution in [0, 0.1) is 5.92 Å². The van der Waals surface area contributed by atoms with E-state index in [0.29, 0.717) is 50.0 Å². The molecule has 2 aromatic heterocycles. The molecule has 0 radical (unpaired) electrons. The van der Waals surface area contributed by atoms with Crippen LogP contribution in [-0.2, 0) is 6.42 Å². The normalized spacial score (nSPS) is 20.3. The fraction of sp³-hybridized carbons (Fsp3) is 0.500. The third kappa shape index (κ3) is 3.35. The van der Waals surface area contributed by atoms with Crippen molar-refractivity contribution in [1.29, 1.82) is 0 Å². The minimum Gasteiger partial charge on any atom is -0.339 e. The van der Waals surface area contributed by atoms with Crippen molar-refractivity contribution >= 4 is 12.1 Å². The minimum absolute atomic E-state index is 0.216. The van der Waals surface area contributed by atoms with Gasteiger partial charge in [-0.3, -0.25) is 4.98 Å². The Balaban J connectivity index is 1.39. The Morgan fingerprint density at radius 3 is 3.04 bits per heavy atom. The van der Waals surface area contributed by atoms with Gasteiger partial charge < -0.3 is 14.7 Å². The Hall–Kier alpha value is -3.04. The number of imide groups is 1. The summed E-state index contributed by atoms with van der Waals surface area (Å²) >= 11 is 0. The van der Waals surface area contributed by atoms with Crippen LogP contribution < -0.4 is 5.32 Å². The van der Waals surface area contributed by atoms with Gasteiger partial charge in [0.1, 0.15) is 5.69 Å². The van der Waals surface area contributed by atoms with Gasteiger partial charge in [0, 0.05) is 45.0 Å². The van der Waals surface area contributed by atoms with E-state index in [9.17, 15) is 9.59 Å². The van der Waals surface area contributed by atoms with Gasteiger partial charge in [-0.25, -0.2) is 19.5 Å². The molecule has 4 heterocycles. The highest BCUT2D eigenvalue weighted by Gasteiger charge is 2.33. The Labute approximate surface area is 149 Å². The first-order chi connectivity index (χ1) is 12.7. The molecule has 1 atom stereocenters. The molecular weight excluding hydrogens is 338 g/mol. The molecule has 0 spiro atoms. The molecule has 26 heavy (non-hydrogen) atoms. The summed E-state index contributed by atoms with van der Waals surface area (Å²) in [7, 11) is 0. The van der Waals surface area contributed by atoms with E-state index < -0.39 is 0 Å². The van der Waals surface area contributed by atoms with Crippen molar-refractivity contribution in [3.63, 3.8) is 0 Å². The maximum absolute atomic E-state index is 12.5. The van der Waals surface area contributed by atoms with Gasteiger partial charge in [0.05, 0.1) is 6.20 Å². The lowest BCUT2D eigenvalue weighted by Crippen LogP contribution is -2.48. The summed E-state index contributed by atoms with van der Waals surface area (Å²) in [4.78, 5) is 39.7. The van der Waals surface area contributed by atoms with Crippen LogP contribution in [0.1, 0.15) is 18.7 Å². The number of likely N-dealkylation sites (tertiary alicyclic amines) is 1. The van der Waals surface area contributed by atoms with Crippen LogP contribution in [0.5, 0.6) is 0 Å². The summed E-state index contributed by atoms with van der Waals surface area (Å²) in [5.41, 5.74) is 0.558. The highest BCUT2D eigenvalue weighted by atomic mass is 16.5. The lowest BCUT2D eigenvalue weighted by atomic mass is 9.95. The SMILES string of the molecule is O=C1NCCN1C(=O)N1CCC[C@H](Cc2nc(-c3cnccn3)no2)C1. The second-order valence-electron chi connectivity index (χ2n) is 6.43. The molecule has 0 aliphatic carbocycles. The third-order valence-corrected chi connectivity index (χ3v) is 4.60. The van der Waals surface area contributed by atoms with Crippen molar-refractivity contribution < 1.29 is 14.1 Å². The van der Waals surface area contributed by atoms with Crippen LogP contribution in [0.4, 0.5) is 9.59 Å². The number of aromatic nitrogens is 4. The van der Waals surface area contributed by atoms with E-state index in [-0.39, 0.29) is 18.0 Å². The summed E-state index contributed by atoms with van der Waals surface area (Å²) in [5, 5.41) is 6.60. The van der Waals surface area contributed by atoms with E-state index in [4.69, 9.17) is 4.52 Å². The predicted octanol–water partition coefficient (Wildman–Crippen LogP) is 0.926. The van der Waals surface area contributed by atoms with Gasteiger partial charge in [0.2, 0.25) is 11.7 Å². The molecule has 2 fully saturated rings. The van der Waals surface area contributed by atoms with Crippen molar-refractivity contribution in [3.8, 4) is 11.5 Å². The minimum atomic E-state index is -0.317. The molecule has 4 rings (SSSR count). The van der Waals surface area contributed by atoms with Gasteiger partial charge in [-0.1, -0.05) is 5.16 Å². The number of carbonyl (C=O) groups excluding carboxylic acids is 2. The Morgan fingerprint density at radius 1 is 1.35 bits per heavy atom. The van der Waals surface area contributed by atoms with Crippen molar-refractivity contribution in [2.45, 2.75) is 19.3 Å². The molecule has 0 bridgehead atoms. The van der Waals surface area contributed by atoms with E-state index in [1.165, 1.54) is 4.90 Å². The number of carbonyl (C=O) groups is 2. The van der Waals surface area contributed by atoms with E-state index in [2.05, 4.69) is 25.4 Å². The summed E-state index contributed by atoms with van der Waals surface area (Å²) in [6, 6.07) is -0.543. The van der Waals surface area contributed by atoms with Gasteiger partial charge in [0.15, 0.2) is 0 Å². The van der Waals surface area contributed by atoms with Crippen LogP contribution in [0.2, 0.25) is 0 Å². The molecule has 10 heteroatoms. The molecule has 2 aliphatic rings. The average Bonchev–Trinajstić information content (AvgIpc) is 3.31. The molecule has 136 valence electrons. The van der Waals surface area contributed by atoms with Crippen molar-refractivity contribution in [3.05, 3.63) is 24.5 Å². The van der Waals surface area contributed by atoms with Crippen LogP contribution in [0.15, 0.2) is 23.1 Å². The molecule has 0 saturated carbocycles. The number of rotatable bonds is 3. The smallest absolute Gasteiger partial charge is 0.328 e. The number of hydrogen-bond donors (Lipinski definition) is 1. The fourth-order valence-corrected chi connectivity index (χ4v) is 3.33. The van der Waals surface area contributed by atoms with Gasteiger partial charge in [0.25, 0.3) is 0 Å². The molecule has 2 aromatic rings. The first-order valence-electron chi connectivity index (χ1n) is 8.64. The second kappa shape index (κ2) is 7.06. The van der Waals surface area contributed by atoms with Crippen molar-refractivity contribution in [2.24, 2.45) is 5.92 Å². The molecule has 2 saturated heterocycles. The summed E-state index contributed by atoms with van der Waals surface area (Å²) < 4.78 is 5.33. The topological polar surface area (TPSA) is 117 Å². The highest BCUT2D eigenvalue weighted by molar-refractivity contribution is 5.95. The number of nitrogens with one attached hydrogen (secondary N) is 1. The zero-order chi connectivity index (χ0) is 17.9. The highest BCUT2D eigenvalue weighted by Crippen LogP contribution is 2.22. The summed E-state index contributed by atoms with van der Waals surface area (Å²) in [6.07, 6.45) is 7.18. The van der Waals surface area contributed by atoms with E-state index >= 15 is 0 Å². The van der Waals surface area contributed by atoms with Gasteiger partial charge in [-0.05, 0) is 18.8 Å². The number of amides is 4. The van der Waals surface area contributed by atoms with E-state index in [1.807, 2.05) is 0 Å². The predicted molar refractivity (Wildman–Crippen MR) is 88.8 cm³/mol. The van der Waals surface area contributed by atoms with Crippen LogP contribution in [-0.4, -0.2) is 68.1 Å². The summed E-state index contributed by atoms with van der Waals surface area (Å²) in [6.45, 7) is 2.16.